The fourth-order valence-electron chi connectivity index (χ4n) is 2.44. The number of carbonyl (C=O) groups excluding carboxylic acids is 1. The summed E-state index contributed by atoms with van der Waals surface area (Å²) in [6.45, 7) is 4.28. The van der Waals surface area contributed by atoms with Crippen molar-refractivity contribution >= 4 is 58.2 Å². The van der Waals surface area contributed by atoms with Gasteiger partial charge in [-0.3, -0.25) is 9.36 Å². The van der Waals surface area contributed by atoms with Crippen LogP contribution in [0.4, 0.5) is 5.69 Å². The van der Waals surface area contributed by atoms with Crippen LogP contribution in [-0.2, 0) is 11.3 Å². The largest absolute Gasteiger partial charge is 0.324 e. The molecule has 144 valence electrons. The molecule has 0 radical (unpaired) electrons. The van der Waals surface area contributed by atoms with Crippen molar-refractivity contribution in [1.82, 2.24) is 14.8 Å². The third-order valence-electron chi connectivity index (χ3n) is 3.65. The summed E-state index contributed by atoms with van der Waals surface area (Å²) >= 11 is 19.3. The SMILES string of the molecule is C=CCn1c(SCC(=O)Nc2ccc(Cl)cc2Cl)nnc1-c1cccc(Cl)c1. The number of nitrogens with zero attached hydrogens (tertiary/aromatic N) is 3. The Hall–Kier alpha value is -1.99. The van der Waals surface area contributed by atoms with Crippen LogP contribution in [0, 0.1) is 0 Å². The number of allylic oxidation sites excluding steroid dienone is 1. The fraction of sp³-hybridized carbons (Fsp3) is 0.105. The smallest absolute Gasteiger partial charge is 0.234 e. The molecule has 0 bridgehead atoms. The summed E-state index contributed by atoms with van der Waals surface area (Å²) in [5.74, 6) is 0.585. The van der Waals surface area contributed by atoms with Gasteiger partial charge >= 0.3 is 0 Å². The van der Waals surface area contributed by atoms with Crippen molar-refractivity contribution in [2.75, 3.05) is 11.1 Å². The minimum absolute atomic E-state index is 0.143. The van der Waals surface area contributed by atoms with Gasteiger partial charge in [-0.25, -0.2) is 0 Å². The number of rotatable bonds is 7. The van der Waals surface area contributed by atoms with Crippen LogP contribution in [0.1, 0.15) is 0 Å². The van der Waals surface area contributed by atoms with E-state index in [1.807, 2.05) is 22.8 Å². The maximum absolute atomic E-state index is 12.3. The molecule has 0 spiro atoms. The first-order chi connectivity index (χ1) is 13.5. The molecule has 1 amide bonds. The first-order valence-corrected chi connectivity index (χ1v) is 10.3. The van der Waals surface area contributed by atoms with E-state index >= 15 is 0 Å². The van der Waals surface area contributed by atoms with Crippen LogP contribution in [0.25, 0.3) is 11.4 Å². The fourth-order valence-corrected chi connectivity index (χ4v) is 3.83. The number of nitrogens with one attached hydrogen (secondary N) is 1. The molecule has 3 rings (SSSR count). The Kier molecular flexibility index (Phi) is 7.02. The second-order valence-electron chi connectivity index (χ2n) is 5.68. The van der Waals surface area contributed by atoms with E-state index in [0.29, 0.717) is 38.3 Å². The predicted octanol–water partition coefficient (Wildman–Crippen LogP) is 5.82. The van der Waals surface area contributed by atoms with E-state index in [4.69, 9.17) is 34.8 Å². The molecule has 28 heavy (non-hydrogen) atoms. The quantitative estimate of drug-likeness (QED) is 0.361. The van der Waals surface area contributed by atoms with E-state index in [-0.39, 0.29) is 11.7 Å². The van der Waals surface area contributed by atoms with Gasteiger partial charge in [0.2, 0.25) is 5.91 Å². The number of thioether (sulfide) groups is 1. The van der Waals surface area contributed by atoms with Gasteiger partial charge in [0.05, 0.1) is 16.5 Å². The third-order valence-corrected chi connectivity index (χ3v) is 5.40. The van der Waals surface area contributed by atoms with E-state index < -0.39 is 0 Å². The van der Waals surface area contributed by atoms with Gasteiger partial charge in [-0.2, -0.15) is 0 Å². The lowest BCUT2D eigenvalue weighted by Gasteiger charge is -2.09. The molecule has 0 unspecified atom stereocenters. The first kappa shape index (κ1) is 20.7. The minimum atomic E-state index is -0.216. The molecule has 0 aliphatic rings. The topological polar surface area (TPSA) is 59.8 Å². The van der Waals surface area contributed by atoms with Gasteiger partial charge in [-0.05, 0) is 30.3 Å². The van der Waals surface area contributed by atoms with Crippen molar-refractivity contribution in [1.29, 1.82) is 0 Å². The maximum Gasteiger partial charge on any atom is 0.234 e. The molecule has 0 fully saturated rings. The average Bonchev–Trinajstić information content (AvgIpc) is 3.05. The standard InChI is InChI=1S/C19H15Cl3N4OS/c1-2-8-26-18(12-4-3-5-13(20)9-12)24-25-19(26)28-11-17(27)23-16-7-6-14(21)10-15(16)22/h2-7,9-10H,1,8,11H2,(H,23,27). The van der Waals surface area contributed by atoms with Crippen molar-refractivity contribution in [3.05, 3.63) is 70.2 Å². The molecule has 0 saturated carbocycles. The van der Waals surface area contributed by atoms with Gasteiger partial charge in [-0.1, -0.05) is 64.8 Å². The molecular formula is C19H15Cl3N4OS. The first-order valence-electron chi connectivity index (χ1n) is 8.15. The van der Waals surface area contributed by atoms with E-state index in [9.17, 15) is 4.79 Å². The van der Waals surface area contributed by atoms with Gasteiger partial charge < -0.3 is 5.32 Å². The van der Waals surface area contributed by atoms with E-state index in [1.165, 1.54) is 11.8 Å². The van der Waals surface area contributed by atoms with E-state index in [0.717, 1.165) is 5.56 Å². The van der Waals surface area contributed by atoms with E-state index in [1.54, 1.807) is 30.3 Å². The third kappa shape index (κ3) is 5.08. The number of halogens is 3. The zero-order valence-electron chi connectivity index (χ0n) is 14.5. The van der Waals surface area contributed by atoms with Gasteiger partial charge in [-0.15, -0.1) is 16.8 Å². The molecule has 0 aliphatic carbocycles. The summed E-state index contributed by atoms with van der Waals surface area (Å²) in [5, 5.41) is 13.3. The van der Waals surface area contributed by atoms with Gasteiger partial charge in [0, 0.05) is 22.2 Å². The predicted molar refractivity (Wildman–Crippen MR) is 116 cm³/mol. The number of hydrogen-bond acceptors (Lipinski definition) is 4. The lowest BCUT2D eigenvalue weighted by molar-refractivity contribution is -0.113. The van der Waals surface area contributed by atoms with Gasteiger partial charge in [0.1, 0.15) is 0 Å². The Morgan fingerprint density at radius 1 is 1.14 bits per heavy atom. The molecule has 1 aromatic heterocycles. The van der Waals surface area contributed by atoms with Crippen molar-refractivity contribution in [3.8, 4) is 11.4 Å². The lowest BCUT2D eigenvalue weighted by atomic mass is 10.2. The normalized spacial score (nSPS) is 10.7. The van der Waals surface area contributed by atoms with Gasteiger partial charge in [0.25, 0.3) is 0 Å². The lowest BCUT2D eigenvalue weighted by Crippen LogP contribution is -2.15. The zero-order valence-corrected chi connectivity index (χ0v) is 17.6. The van der Waals surface area contributed by atoms with Gasteiger partial charge in [0.15, 0.2) is 11.0 Å². The van der Waals surface area contributed by atoms with E-state index in [2.05, 4.69) is 22.1 Å². The molecule has 0 aliphatic heterocycles. The Morgan fingerprint density at radius 2 is 1.93 bits per heavy atom. The summed E-state index contributed by atoms with van der Waals surface area (Å²) in [5.41, 5.74) is 1.34. The molecule has 1 heterocycles. The molecule has 9 heteroatoms. The highest BCUT2D eigenvalue weighted by molar-refractivity contribution is 7.99. The number of carbonyl (C=O) groups is 1. The van der Waals surface area contributed by atoms with Crippen molar-refractivity contribution in [3.63, 3.8) is 0 Å². The second kappa shape index (κ2) is 9.47. The zero-order chi connectivity index (χ0) is 20.1. The van der Waals surface area contributed by atoms with Crippen LogP contribution in [0.5, 0.6) is 0 Å². The van der Waals surface area contributed by atoms with Crippen LogP contribution in [-0.4, -0.2) is 26.4 Å². The Labute approximate surface area is 181 Å². The molecule has 0 atom stereocenters. The molecule has 0 saturated heterocycles. The summed E-state index contributed by atoms with van der Waals surface area (Å²) in [7, 11) is 0. The minimum Gasteiger partial charge on any atom is -0.324 e. The van der Waals surface area contributed by atoms with Crippen molar-refractivity contribution < 1.29 is 4.79 Å². The number of anilines is 1. The number of hydrogen-bond donors (Lipinski definition) is 1. The Morgan fingerprint density at radius 3 is 2.64 bits per heavy atom. The van der Waals surface area contributed by atoms with Crippen LogP contribution < -0.4 is 5.32 Å². The number of amides is 1. The highest BCUT2D eigenvalue weighted by atomic mass is 35.5. The summed E-state index contributed by atoms with van der Waals surface area (Å²) in [6.07, 6.45) is 1.75. The number of aromatic nitrogens is 3. The average molecular weight is 454 g/mol. The highest BCUT2D eigenvalue weighted by Crippen LogP contribution is 2.28. The summed E-state index contributed by atoms with van der Waals surface area (Å²) < 4.78 is 1.88. The van der Waals surface area contributed by atoms with Crippen LogP contribution >= 0.6 is 46.6 Å². The van der Waals surface area contributed by atoms with Crippen molar-refractivity contribution in [2.24, 2.45) is 0 Å². The molecule has 5 nitrogen and oxygen atoms in total. The van der Waals surface area contributed by atoms with Crippen LogP contribution in [0.2, 0.25) is 15.1 Å². The molecule has 2 aromatic carbocycles. The summed E-state index contributed by atoms with van der Waals surface area (Å²) in [6, 6.07) is 12.2. The number of benzene rings is 2. The maximum atomic E-state index is 12.3. The van der Waals surface area contributed by atoms with Crippen molar-refractivity contribution in [2.45, 2.75) is 11.7 Å². The monoisotopic (exact) mass is 452 g/mol. The molecule has 1 N–H and O–H groups in total. The van der Waals surface area contributed by atoms with Crippen LogP contribution in [0.15, 0.2) is 60.3 Å². The Balaban J connectivity index is 1.73. The van der Waals surface area contributed by atoms with Crippen LogP contribution in [0.3, 0.4) is 0 Å². The molecule has 3 aromatic rings. The molecular weight excluding hydrogens is 439 g/mol. The second-order valence-corrected chi connectivity index (χ2v) is 7.90. The Bertz CT molecular complexity index is 1020. The summed E-state index contributed by atoms with van der Waals surface area (Å²) in [4.78, 5) is 12.3. The highest BCUT2D eigenvalue weighted by Gasteiger charge is 2.15.